The minimum absolute atomic E-state index is 0.414. The van der Waals surface area contributed by atoms with Crippen LogP contribution in [0.1, 0.15) is 74.1 Å². The van der Waals surface area contributed by atoms with E-state index in [1.54, 1.807) is 13.8 Å². The Morgan fingerprint density at radius 1 is 1.00 bits per heavy atom. The van der Waals surface area contributed by atoms with E-state index < -0.39 is 5.79 Å². The first-order valence-corrected chi connectivity index (χ1v) is 6.63. The highest BCUT2D eigenvalue weighted by Gasteiger charge is 2.17. The van der Waals surface area contributed by atoms with Crippen LogP contribution in [-0.4, -0.2) is 17.5 Å². The van der Waals surface area contributed by atoms with E-state index in [9.17, 15) is 5.11 Å². The molecule has 0 bridgehead atoms. The molecular weight excluding hydrogens is 200 g/mol. The highest BCUT2D eigenvalue weighted by molar-refractivity contribution is 4.67. The SMILES string of the molecule is CC.CCCC(C)(C)CCCOC(C)(C)O. The summed E-state index contributed by atoms with van der Waals surface area (Å²) in [5.74, 6) is -0.977. The maximum Gasteiger partial charge on any atom is 0.159 e. The molecule has 0 radical (unpaired) electrons. The van der Waals surface area contributed by atoms with Gasteiger partial charge in [-0.25, -0.2) is 0 Å². The Hall–Kier alpha value is -0.0800. The molecule has 0 aromatic rings. The molecule has 0 rings (SSSR count). The van der Waals surface area contributed by atoms with Crippen molar-refractivity contribution >= 4 is 0 Å². The maximum absolute atomic E-state index is 9.33. The average molecular weight is 232 g/mol. The quantitative estimate of drug-likeness (QED) is 0.522. The Bertz CT molecular complexity index is 145. The molecule has 0 saturated carbocycles. The van der Waals surface area contributed by atoms with Gasteiger partial charge in [-0.05, 0) is 38.5 Å². The lowest BCUT2D eigenvalue weighted by atomic mass is 9.83. The Morgan fingerprint density at radius 3 is 1.88 bits per heavy atom. The van der Waals surface area contributed by atoms with E-state index in [1.807, 2.05) is 13.8 Å². The summed E-state index contributed by atoms with van der Waals surface area (Å²) < 4.78 is 5.26. The molecule has 2 heteroatoms. The number of hydrogen-bond donors (Lipinski definition) is 1. The van der Waals surface area contributed by atoms with Crippen LogP contribution in [-0.2, 0) is 4.74 Å². The minimum Gasteiger partial charge on any atom is -0.366 e. The predicted octanol–water partition coefficient (Wildman–Crippen LogP) is 4.36. The first-order chi connectivity index (χ1) is 7.27. The van der Waals surface area contributed by atoms with Gasteiger partial charge in [-0.1, -0.05) is 41.0 Å². The van der Waals surface area contributed by atoms with Crippen LogP contribution in [0.4, 0.5) is 0 Å². The molecular formula is C14H32O2. The Balaban J connectivity index is 0. The zero-order valence-electron chi connectivity index (χ0n) is 12.4. The third-order valence-electron chi connectivity index (χ3n) is 2.38. The fourth-order valence-electron chi connectivity index (χ4n) is 1.67. The molecule has 100 valence electrons. The van der Waals surface area contributed by atoms with E-state index >= 15 is 0 Å². The van der Waals surface area contributed by atoms with Gasteiger partial charge >= 0.3 is 0 Å². The van der Waals surface area contributed by atoms with Gasteiger partial charge < -0.3 is 9.84 Å². The van der Waals surface area contributed by atoms with Gasteiger partial charge in [0.2, 0.25) is 0 Å². The third kappa shape index (κ3) is 13.9. The van der Waals surface area contributed by atoms with E-state index in [2.05, 4.69) is 20.8 Å². The summed E-state index contributed by atoms with van der Waals surface area (Å²) in [7, 11) is 0. The average Bonchev–Trinajstić information content (AvgIpc) is 2.14. The summed E-state index contributed by atoms with van der Waals surface area (Å²) in [4.78, 5) is 0. The monoisotopic (exact) mass is 232 g/mol. The fourth-order valence-corrected chi connectivity index (χ4v) is 1.67. The molecule has 0 aliphatic rings. The van der Waals surface area contributed by atoms with Crippen molar-refractivity contribution < 1.29 is 9.84 Å². The maximum atomic E-state index is 9.33. The second-order valence-corrected chi connectivity index (χ2v) is 5.31. The molecule has 0 fully saturated rings. The summed E-state index contributed by atoms with van der Waals surface area (Å²) in [5.41, 5.74) is 0.414. The van der Waals surface area contributed by atoms with Gasteiger partial charge in [0.1, 0.15) is 0 Å². The zero-order valence-corrected chi connectivity index (χ0v) is 12.4. The first kappa shape index (κ1) is 18.3. The van der Waals surface area contributed by atoms with Crippen LogP contribution in [0.5, 0.6) is 0 Å². The highest BCUT2D eigenvalue weighted by atomic mass is 16.6. The fraction of sp³-hybridized carbons (Fsp3) is 1.00. The number of hydrogen-bond acceptors (Lipinski definition) is 2. The molecule has 0 unspecified atom stereocenters. The van der Waals surface area contributed by atoms with Crippen molar-refractivity contribution in [2.45, 2.75) is 79.9 Å². The predicted molar refractivity (Wildman–Crippen MR) is 71.5 cm³/mol. The van der Waals surface area contributed by atoms with Crippen molar-refractivity contribution in [2.75, 3.05) is 6.61 Å². The largest absolute Gasteiger partial charge is 0.366 e. The lowest BCUT2D eigenvalue weighted by Gasteiger charge is -2.25. The molecule has 16 heavy (non-hydrogen) atoms. The lowest BCUT2D eigenvalue weighted by Crippen LogP contribution is -2.24. The van der Waals surface area contributed by atoms with Crippen LogP contribution in [0.2, 0.25) is 0 Å². The van der Waals surface area contributed by atoms with Crippen molar-refractivity contribution in [3.8, 4) is 0 Å². The van der Waals surface area contributed by atoms with Crippen LogP contribution in [0, 0.1) is 5.41 Å². The third-order valence-corrected chi connectivity index (χ3v) is 2.38. The van der Waals surface area contributed by atoms with Gasteiger partial charge in [0.25, 0.3) is 0 Å². The van der Waals surface area contributed by atoms with Crippen LogP contribution in [0.3, 0.4) is 0 Å². The van der Waals surface area contributed by atoms with Crippen molar-refractivity contribution in [2.24, 2.45) is 5.41 Å². The van der Waals surface area contributed by atoms with Crippen LogP contribution in [0.25, 0.3) is 0 Å². The van der Waals surface area contributed by atoms with Crippen molar-refractivity contribution in [1.29, 1.82) is 0 Å². The van der Waals surface area contributed by atoms with Gasteiger partial charge in [0.05, 0.1) is 6.61 Å². The summed E-state index contributed by atoms with van der Waals surface area (Å²) in [6.07, 6.45) is 4.68. The second kappa shape index (κ2) is 9.00. The van der Waals surface area contributed by atoms with Gasteiger partial charge in [-0.3, -0.25) is 0 Å². The number of aliphatic hydroxyl groups is 1. The smallest absolute Gasteiger partial charge is 0.159 e. The lowest BCUT2D eigenvalue weighted by molar-refractivity contribution is -0.177. The number of ether oxygens (including phenoxy) is 1. The standard InChI is InChI=1S/C12H26O2.C2H6/c1-6-8-11(2,3)9-7-10-14-12(4,5)13;1-2/h13H,6-10H2,1-5H3;1-2H3. The molecule has 0 atom stereocenters. The van der Waals surface area contributed by atoms with Gasteiger partial charge in [0, 0.05) is 0 Å². The van der Waals surface area contributed by atoms with E-state index in [0.29, 0.717) is 12.0 Å². The molecule has 0 aliphatic carbocycles. The summed E-state index contributed by atoms with van der Waals surface area (Å²) in [6.45, 7) is 14.8. The van der Waals surface area contributed by atoms with E-state index in [-0.39, 0.29) is 0 Å². The summed E-state index contributed by atoms with van der Waals surface area (Å²) in [5, 5.41) is 9.33. The topological polar surface area (TPSA) is 29.5 Å². The first-order valence-electron chi connectivity index (χ1n) is 6.63. The minimum atomic E-state index is -0.977. The van der Waals surface area contributed by atoms with E-state index in [4.69, 9.17) is 4.74 Å². The molecule has 0 aromatic heterocycles. The molecule has 0 amide bonds. The van der Waals surface area contributed by atoms with Crippen molar-refractivity contribution in [1.82, 2.24) is 0 Å². The highest BCUT2D eigenvalue weighted by Crippen LogP contribution is 2.28. The van der Waals surface area contributed by atoms with Crippen LogP contribution in [0.15, 0.2) is 0 Å². The molecule has 0 heterocycles. The Kier molecular flexibility index (Phi) is 10.3. The van der Waals surface area contributed by atoms with E-state index in [1.165, 1.54) is 12.8 Å². The van der Waals surface area contributed by atoms with Gasteiger partial charge in [-0.2, -0.15) is 0 Å². The van der Waals surface area contributed by atoms with Gasteiger partial charge in [0.15, 0.2) is 5.79 Å². The van der Waals surface area contributed by atoms with Crippen molar-refractivity contribution in [3.05, 3.63) is 0 Å². The Morgan fingerprint density at radius 2 is 1.50 bits per heavy atom. The van der Waals surface area contributed by atoms with Gasteiger partial charge in [-0.15, -0.1) is 0 Å². The summed E-state index contributed by atoms with van der Waals surface area (Å²) in [6, 6.07) is 0. The zero-order chi connectivity index (χ0) is 13.2. The Labute approximate surface area is 102 Å². The van der Waals surface area contributed by atoms with Crippen LogP contribution < -0.4 is 0 Å². The summed E-state index contributed by atoms with van der Waals surface area (Å²) >= 11 is 0. The molecule has 0 aromatic carbocycles. The van der Waals surface area contributed by atoms with Crippen LogP contribution >= 0.6 is 0 Å². The van der Waals surface area contributed by atoms with E-state index in [0.717, 1.165) is 12.8 Å². The molecule has 2 nitrogen and oxygen atoms in total. The molecule has 1 N–H and O–H groups in total. The molecule has 0 aliphatic heterocycles. The number of rotatable bonds is 7. The molecule has 0 saturated heterocycles. The molecule has 0 spiro atoms. The normalized spacial score (nSPS) is 12.0. The van der Waals surface area contributed by atoms with Crippen molar-refractivity contribution in [3.63, 3.8) is 0 Å². The second-order valence-electron chi connectivity index (χ2n) is 5.31.